The van der Waals surface area contributed by atoms with E-state index in [9.17, 15) is 9.59 Å². The second-order valence-electron chi connectivity index (χ2n) is 5.23. The first-order valence-corrected chi connectivity index (χ1v) is 6.57. The van der Waals surface area contributed by atoms with Crippen molar-refractivity contribution in [2.45, 2.75) is 31.8 Å². The predicted molar refractivity (Wildman–Crippen MR) is 71.9 cm³/mol. The zero-order valence-electron chi connectivity index (χ0n) is 10.8. The lowest BCUT2D eigenvalue weighted by atomic mass is 10.1. The first-order chi connectivity index (χ1) is 9.13. The molecule has 0 aliphatic carbocycles. The molecule has 2 N–H and O–H groups in total. The van der Waals surface area contributed by atoms with Gasteiger partial charge in [0.25, 0.3) is 0 Å². The molecule has 3 rings (SSSR count). The summed E-state index contributed by atoms with van der Waals surface area (Å²) in [5.41, 5.74) is 1.90. The van der Waals surface area contributed by atoms with Gasteiger partial charge in [0, 0.05) is 18.7 Å². The Balaban J connectivity index is 1.69. The smallest absolute Gasteiger partial charge is 0.322 e. The minimum atomic E-state index is -0.116. The van der Waals surface area contributed by atoms with Crippen molar-refractivity contribution < 1.29 is 9.59 Å². The zero-order valence-corrected chi connectivity index (χ0v) is 10.8. The van der Waals surface area contributed by atoms with Gasteiger partial charge in [0.15, 0.2) is 0 Å². The fourth-order valence-corrected chi connectivity index (χ4v) is 2.90. The minimum absolute atomic E-state index is 0.0114. The Morgan fingerprint density at radius 3 is 3.11 bits per heavy atom. The lowest BCUT2D eigenvalue weighted by Gasteiger charge is -2.23. The van der Waals surface area contributed by atoms with Crippen molar-refractivity contribution in [2.75, 3.05) is 11.9 Å². The van der Waals surface area contributed by atoms with Crippen molar-refractivity contribution in [2.24, 2.45) is 0 Å². The highest BCUT2D eigenvalue weighted by Crippen LogP contribution is 2.26. The molecule has 3 amide bonds. The van der Waals surface area contributed by atoms with Crippen molar-refractivity contribution in [3.8, 4) is 0 Å². The van der Waals surface area contributed by atoms with Crippen molar-refractivity contribution >= 4 is 17.6 Å². The van der Waals surface area contributed by atoms with E-state index in [1.807, 2.05) is 31.2 Å². The molecule has 0 spiro atoms. The van der Waals surface area contributed by atoms with E-state index in [1.165, 1.54) is 0 Å². The number of benzene rings is 1. The number of fused-ring (bicyclic) bond motifs is 1. The predicted octanol–water partition coefficient (Wildman–Crippen LogP) is 1.49. The summed E-state index contributed by atoms with van der Waals surface area (Å²) in [5.74, 6) is 0.0445. The molecule has 2 aliphatic heterocycles. The topological polar surface area (TPSA) is 61.4 Å². The van der Waals surface area contributed by atoms with Gasteiger partial charge in [-0.2, -0.15) is 0 Å². The molecule has 0 saturated carbocycles. The number of nitrogens with zero attached hydrogens (tertiary/aromatic N) is 1. The Morgan fingerprint density at radius 1 is 1.47 bits per heavy atom. The van der Waals surface area contributed by atoms with Crippen LogP contribution in [0.3, 0.4) is 0 Å². The van der Waals surface area contributed by atoms with Crippen molar-refractivity contribution in [1.29, 1.82) is 0 Å². The van der Waals surface area contributed by atoms with Gasteiger partial charge in [0.2, 0.25) is 5.91 Å². The lowest BCUT2D eigenvalue weighted by molar-refractivity contribution is -0.119. The maximum absolute atomic E-state index is 12.3. The second-order valence-corrected chi connectivity index (χ2v) is 5.23. The molecular weight excluding hydrogens is 242 g/mol. The minimum Gasteiger partial charge on any atom is -0.351 e. The van der Waals surface area contributed by atoms with Crippen LogP contribution in [-0.4, -0.2) is 35.5 Å². The summed E-state index contributed by atoms with van der Waals surface area (Å²) in [6.07, 6.45) is 1.27. The van der Waals surface area contributed by atoms with Gasteiger partial charge >= 0.3 is 6.03 Å². The van der Waals surface area contributed by atoms with Crippen LogP contribution in [-0.2, 0) is 4.79 Å². The Bertz CT molecular complexity index is 529. The molecule has 2 atom stereocenters. The second kappa shape index (κ2) is 4.57. The van der Waals surface area contributed by atoms with Crippen LogP contribution in [0.4, 0.5) is 10.5 Å². The standard InChI is InChI=1S/C14H17N3O2/c1-9-3-2-4-10(7-9)15-14(19)17-6-5-11-12(17)8-13(18)16-11/h2-4,7,11-12H,5-6,8H2,1H3,(H,15,19)(H,16,18)/t11-,12-/m0/s1. The number of likely N-dealkylation sites (tertiary alicyclic amines) is 1. The summed E-state index contributed by atoms with van der Waals surface area (Å²) in [7, 11) is 0. The lowest BCUT2D eigenvalue weighted by Crippen LogP contribution is -2.41. The van der Waals surface area contributed by atoms with E-state index in [4.69, 9.17) is 0 Å². The number of amides is 3. The summed E-state index contributed by atoms with van der Waals surface area (Å²) in [6.45, 7) is 2.69. The first-order valence-electron chi connectivity index (χ1n) is 6.57. The number of anilines is 1. The Morgan fingerprint density at radius 2 is 2.32 bits per heavy atom. The molecule has 5 heteroatoms. The molecule has 0 unspecified atom stereocenters. The number of hydrogen-bond donors (Lipinski definition) is 2. The SMILES string of the molecule is Cc1cccc(NC(=O)N2CC[C@@H]3NC(=O)C[C@@H]32)c1. The third kappa shape index (κ3) is 2.28. The molecule has 2 saturated heterocycles. The highest BCUT2D eigenvalue weighted by molar-refractivity contribution is 5.91. The normalized spacial score (nSPS) is 25.1. The van der Waals surface area contributed by atoms with Gasteiger partial charge in [-0.15, -0.1) is 0 Å². The van der Waals surface area contributed by atoms with E-state index in [-0.39, 0.29) is 24.0 Å². The molecule has 5 nitrogen and oxygen atoms in total. The highest BCUT2D eigenvalue weighted by atomic mass is 16.2. The maximum Gasteiger partial charge on any atom is 0.322 e. The third-order valence-corrected chi connectivity index (χ3v) is 3.82. The van der Waals surface area contributed by atoms with Crippen LogP contribution in [0.25, 0.3) is 0 Å². The van der Waals surface area contributed by atoms with Crippen LogP contribution in [0, 0.1) is 6.92 Å². The molecule has 1 aromatic carbocycles. The number of nitrogens with one attached hydrogen (secondary N) is 2. The van der Waals surface area contributed by atoms with Crippen LogP contribution < -0.4 is 10.6 Å². The van der Waals surface area contributed by atoms with Crippen LogP contribution in [0.2, 0.25) is 0 Å². The van der Waals surface area contributed by atoms with Gasteiger partial charge in [-0.05, 0) is 31.0 Å². The Kier molecular flexibility index (Phi) is 2.89. The van der Waals surface area contributed by atoms with Gasteiger partial charge in [0.1, 0.15) is 0 Å². The number of rotatable bonds is 1. The Labute approximate surface area is 112 Å². The molecular formula is C14H17N3O2. The van der Waals surface area contributed by atoms with Gasteiger partial charge in [0.05, 0.1) is 12.1 Å². The molecule has 0 bridgehead atoms. The summed E-state index contributed by atoms with van der Waals surface area (Å²) in [5, 5.41) is 5.81. The van der Waals surface area contributed by atoms with E-state index in [0.29, 0.717) is 13.0 Å². The summed E-state index contributed by atoms with van der Waals surface area (Å²) >= 11 is 0. The van der Waals surface area contributed by atoms with Crippen LogP contribution in [0.1, 0.15) is 18.4 Å². The molecule has 19 heavy (non-hydrogen) atoms. The van der Waals surface area contributed by atoms with E-state index in [1.54, 1.807) is 4.90 Å². The van der Waals surface area contributed by atoms with Gasteiger partial charge < -0.3 is 15.5 Å². The van der Waals surface area contributed by atoms with E-state index >= 15 is 0 Å². The van der Waals surface area contributed by atoms with Gasteiger partial charge in [-0.1, -0.05) is 12.1 Å². The first kappa shape index (κ1) is 12.0. The summed E-state index contributed by atoms with van der Waals surface area (Å²) in [4.78, 5) is 25.4. The number of carbonyl (C=O) groups is 2. The average molecular weight is 259 g/mol. The van der Waals surface area contributed by atoms with Gasteiger partial charge in [-0.25, -0.2) is 4.79 Å². The van der Waals surface area contributed by atoms with Crippen LogP contribution in [0.15, 0.2) is 24.3 Å². The Hall–Kier alpha value is -2.04. The molecule has 1 aromatic rings. The number of aryl methyl sites for hydroxylation is 1. The molecule has 2 aliphatic rings. The van der Waals surface area contributed by atoms with Crippen LogP contribution >= 0.6 is 0 Å². The number of urea groups is 1. The van der Waals surface area contributed by atoms with E-state index < -0.39 is 0 Å². The van der Waals surface area contributed by atoms with E-state index in [0.717, 1.165) is 17.7 Å². The highest BCUT2D eigenvalue weighted by Gasteiger charge is 2.43. The molecule has 2 heterocycles. The number of carbonyl (C=O) groups excluding carboxylic acids is 2. The fourth-order valence-electron chi connectivity index (χ4n) is 2.90. The van der Waals surface area contributed by atoms with E-state index in [2.05, 4.69) is 10.6 Å². The van der Waals surface area contributed by atoms with Crippen molar-refractivity contribution in [1.82, 2.24) is 10.2 Å². The fraction of sp³-hybridized carbons (Fsp3) is 0.429. The summed E-state index contributed by atoms with van der Waals surface area (Å²) in [6, 6.07) is 7.74. The maximum atomic E-state index is 12.3. The molecule has 100 valence electrons. The largest absolute Gasteiger partial charge is 0.351 e. The zero-order chi connectivity index (χ0) is 13.4. The van der Waals surface area contributed by atoms with Crippen LogP contribution in [0.5, 0.6) is 0 Å². The monoisotopic (exact) mass is 259 g/mol. The van der Waals surface area contributed by atoms with Crippen molar-refractivity contribution in [3.05, 3.63) is 29.8 Å². The third-order valence-electron chi connectivity index (χ3n) is 3.82. The molecule has 0 aromatic heterocycles. The van der Waals surface area contributed by atoms with Gasteiger partial charge in [-0.3, -0.25) is 4.79 Å². The molecule has 0 radical (unpaired) electrons. The summed E-state index contributed by atoms with van der Waals surface area (Å²) < 4.78 is 0. The van der Waals surface area contributed by atoms with Crippen molar-refractivity contribution in [3.63, 3.8) is 0 Å². The molecule has 2 fully saturated rings. The average Bonchev–Trinajstić information content (AvgIpc) is 2.87. The quantitative estimate of drug-likeness (QED) is 0.802. The number of hydrogen-bond acceptors (Lipinski definition) is 2.